The summed E-state index contributed by atoms with van der Waals surface area (Å²) in [6.45, 7) is 9.79. The standard InChI is InChI=1S/C32H35F2N5O6/c1-18-32(16-41-17-32)42-13-12-38(18)21-9-7-11-35-29(21)43-19-14-22(30(40)45-31(2,3)4)39(15-19)28-25-24(36-27(37-28)26(33)34)20-8-5-6-10-23(20)44-25/h5-11,18-19,22,26H,12-17H2,1-4H3/t18-,19?,22-/m0/s1. The Morgan fingerprint density at radius 1 is 1.11 bits per heavy atom. The molecule has 3 fully saturated rings. The molecule has 0 N–H and O–H groups in total. The molecule has 3 saturated heterocycles. The third-order valence-corrected chi connectivity index (χ3v) is 8.61. The summed E-state index contributed by atoms with van der Waals surface area (Å²) in [6, 6.07) is 9.98. The van der Waals surface area contributed by atoms with Crippen LogP contribution in [0.3, 0.4) is 0 Å². The molecular weight excluding hydrogens is 588 g/mol. The van der Waals surface area contributed by atoms with E-state index in [-0.39, 0.29) is 41.5 Å². The molecule has 13 heteroatoms. The quantitative estimate of drug-likeness (QED) is 0.268. The SMILES string of the molecule is C[C@@H]1N(c2cccnc2OC2C[C@@H](C(=O)OC(C)(C)C)N(c3nc(C(F)F)nc4c3oc3ccccc34)C2)CCOC12COC2. The zero-order valence-electron chi connectivity index (χ0n) is 25.5. The number of pyridine rings is 1. The van der Waals surface area contributed by atoms with Gasteiger partial charge < -0.3 is 33.2 Å². The number of nitrogens with zero attached hydrogens (tertiary/aromatic N) is 5. The van der Waals surface area contributed by atoms with Crippen molar-refractivity contribution in [1.82, 2.24) is 15.0 Å². The van der Waals surface area contributed by atoms with E-state index >= 15 is 0 Å². The second-order valence-corrected chi connectivity index (χ2v) is 12.8. The second kappa shape index (κ2) is 11.1. The molecule has 45 heavy (non-hydrogen) atoms. The number of furan rings is 1. The van der Waals surface area contributed by atoms with Crippen molar-refractivity contribution in [2.24, 2.45) is 0 Å². The smallest absolute Gasteiger partial charge is 0.329 e. The first kappa shape index (κ1) is 29.6. The zero-order chi connectivity index (χ0) is 31.5. The van der Waals surface area contributed by atoms with Gasteiger partial charge >= 0.3 is 5.97 Å². The number of carbonyl (C=O) groups excluding carboxylic acids is 1. The molecule has 0 saturated carbocycles. The van der Waals surface area contributed by atoms with Crippen LogP contribution in [0.2, 0.25) is 0 Å². The topological polar surface area (TPSA) is 112 Å². The monoisotopic (exact) mass is 623 g/mol. The van der Waals surface area contributed by atoms with Gasteiger partial charge in [0, 0.05) is 24.5 Å². The lowest BCUT2D eigenvalue weighted by Gasteiger charge is -2.53. The molecule has 1 aromatic carbocycles. The number of hydrogen-bond acceptors (Lipinski definition) is 11. The van der Waals surface area contributed by atoms with Crippen LogP contribution in [0.4, 0.5) is 20.3 Å². The van der Waals surface area contributed by atoms with Crippen LogP contribution in [0.25, 0.3) is 22.1 Å². The van der Waals surface area contributed by atoms with Crippen molar-refractivity contribution >= 4 is 39.5 Å². The van der Waals surface area contributed by atoms with Crippen molar-refractivity contribution in [3.63, 3.8) is 0 Å². The number of halogens is 2. The minimum Gasteiger partial charge on any atom is -0.471 e. The third-order valence-electron chi connectivity index (χ3n) is 8.61. The minimum atomic E-state index is -2.94. The van der Waals surface area contributed by atoms with E-state index in [0.717, 1.165) is 5.69 Å². The summed E-state index contributed by atoms with van der Waals surface area (Å²) in [4.78, 5) is 30.4. The average molecular weight is 624 g/mol. The fourth-order valence-electron chi connectivity index (χ4n) is 6.35. The van der Waals surface area contributed by atoms with Gasteiger partial charge in [-0.1, -0.05) is 12.1 Å². The van der Waals surface area contributed by atoms with E-state index in [0.29, 0.717) is 43.2 Å². The van der Waals surface area contributed by atoms with E-state index in [2.05, 4.69) is 26.8 Å². The molecule has 0 amide bonds. The van der Waals surface area contributed by atoms with E-state index < -0.39 is 36.0 Å². The van der Waals surface area contributed by atoms with Gasteiger partial charge in [-0.15, -0.1) is 0 Å². The number of fused-ring (bicyclic) bond motifs is 3. The highest BCUT2D eigenvalue weighted by Gasteiger charge is 2.50. The number of esters is 1. The van der Waals surface area contributed by atoms with E-state index in [1.165, 1.54) is 0 Å². The van der Waals surface area contributed by atoms with Crippen molar-refractivity contribution in [2.75, 3.05) is 42.7 Å². The van der Waals surface area contributed by atoms with Gasteiger partial charge in [-0.25, -0.2) is 28.5 Å². The Hall–Kier alpha value is -4.10. The predicted octanol–water partition coefficient (Wildman–Crippen LogP) is 5.07. The lowest BCUT2D eigenvalue weighted by atomic mass is 9.90. The average Bonchev–Trinajstić information content (AvgIpc) is 3.57. The highest BCUT2D eigenvalue weighted by Crippen LogP contribution is 2.41. The molecular formula is C32H35F2N5O6. The number of anilines is 2. The normalized spacial score (nSPS) is 23.2. The first-order chi connectivity index (χ1) is 21.5. The van der Waals surface area contributed by atoms with Crippen LogP contribution in [0.1, 0.15) is 46.4 Å². The fourth-order valence-corrected chi connectivity index (χ4v) is 6.35. The van der Waals surface area contributed by atoms with Crippen LogP contribution < -0.4 is 14.5 Å². The number of morpholine rings is 1. The highest BCUT2D eigenvalue weighted by molar-refractivity contribution is 6.06. The first-order valence-corrected chi connectivity index (χ1v) is 15.1. The third kappa shape index (κ3) is 5.31. The molecule has 3 atom stereocenters. The minimum absolute atomic E-state index is 0.0105. The van der Waals surface area contributed by atoms with Crippen molar-refractivity contribution < 1.29 is 36.9 Å². The van der Waals surface area contributed by atoms with Crippen LogP contribution in [0, 0.1) is 0 Å². The maximum absolute atomic E-state index is 14.1. The van der Waals surface area contributed by atoms with Gasteiger partial charge in [0.15, 0.2) is 17.2 Å². The summed E-state index contributed by atoms with van der Waals surface area (Å²) >= 11 is 0. The fraction of sp³-hybridized carbons (Fsp3) is 0.500. The number of rotatable bonds is 6. The van der Waals surface area contributed by atoms with Crippen LogP contribution in [-0.2, 0) is 19.0 Å². The van der Waals surface area contributed by atoms with Crippen LogP contribution in [-0.4, -0.2) is 83.2 Å². The van der Waals surface area contributed by atoms with Gasteiger partial charge in [-0.2, -0.15) is 0 Å². The first-order valence-electron chi connectivity index (χ1n) is 15.1. The van der Waals surface area contributed by atoms with Crippen molar-refractivity contribution in [3.05, 3.63) is 48.4 Å². The molecule has 3 aliphatic heterocycles. The number of hydrogen-bond donors (Lipinski definition) is 0. The molecule has 238 valence electrons. The number of ether oxygens (including phenoxy) is 4. The largest absolute Gasteiger partial charge is 0.471 e. The maximum atomic E-state index is 14.1. The van der Waals surface area contributed by atoms with Gasteiger partial charge in [0.25, 0.3) is 6.43 Å². The molecule has 11 nitrogen and oxygen atoms in total. The number of benzene rings is 1. The summed E-state index contributed by atoms with van der Waals surface area (Å²) < 4.78 is 58.3. The Morgan fingerprint density at radius 3 is 2.64 bits per heavy atom. The molecule has 4 aromatic rings. The number of para-hydroxylation sites is 1. The lowest BCUT2D eigenvalue weighted by Crippen LogP contribution is -2.68. The summed E-state index contributed by atoms with van der Waals surface area (Å²) in [7, 11) is 0. The van der Waals surface area contributed by atoms with E-state index in [1.54, 1.807) is 56.1 Å². The maximum Gasteiger partial charge on any atom is 0.329 e. The number of alkyl halides is 2. The molecule has 1 spiro atoms. The van der Waals surface area contributed by atoms with Crippen molar-refractivity contribution in [1.29, 1.82) is 0 Å². The molecule has 7 rings (SSSR count). The zero-order valence-corrected chi connectivity index (χ0v) is 25.5. The van der Waals surface area contributed by atoms with Gasteiger partial charge in [0.2, 0.25) is 5.88 Å². The van der Waals surface area contributed by atoms with Crippen LogP contribution in [0.15, 0.2) is 47.0 Å². The Bertz CT molecular complexity index is 1740. The predicted molar refractivity (Wildman–Crippen MR) is 161 cm³/mol. The molecule has 3 aromatic heterocycles. The molecule has 3 aliphatic rings. The van der Waals surface area contributed by atoms with E-state index in [4.69, 9.17) is 23.4 Å². The van der Waals surface area contributed by atoms with Gasteiger partial charge in [0.1, 0.15) is 40.1 Å². The molecule has 0 bridgehead atoms. The van der Waals surface area contributed by atoms with Crippen molar-refractivity contribution in [3.8, 4) is 5.88 Å². The second-order valence-electron chi connectivity index (χ2n) is 12.8. The van der Waals surface area contributed by atoms with E-state index in [1.807, 2.05) is 12.1 Å². The number of aromatic nitrogens is 3. The molecule has 1 unspecified atom stereocenters. The summed E-state index contributed by atoms with van der Waals surface area (Å²) in [6.07, 6.45) is -1.64. The summed E-state index contributed by atoms with van der Waals surface area (Å²) in [5, 5.41) is 0.575. The van der Waals surface area contributed by atoms with Gasteiger partial charge in [0.05, 0.1) is 32.4 Å². The molecule has 0 radical (unpaired) electrons. The lowest BCUT2D eigenvalue weighted by molar-refractivity contribution is -0.228. The molecule has 6 heterocycles. The van der Waals surface area contributed by atoms with Gasteiger partial charge in [-0.3, -0.25) is 0 Å². The Kier molecular flexibility index (Phi) is 7.27. The van der Waals surface area contributed by atoms with Crippen molar-refractivity contribution in [2.45, 2.75) is 69.9 Å². The molecule has 0 aliphatic carbocycles. The number of carbonyl (C=O) groups is 1. The Balaban J connectivity index is 1.26. The Morgan fingerprint density at radius 2 is 1.91 bits per heavy atom. The summed E-state index contributed by atoms with van der Waals surface area (Å²) in [5.74, 6) is -0.687. The van der Waals surface area contributed by atoms with Crippen LogP contribution >= 0.6 is 0 Å². The van der Waals surface area contributed by atoms with Crippen LogP contribution in [0.5, 0.6) is 5.88 Å². The van der Waals surface area contributed by atoms with E-state index in [9.17, 15) is 13.6 Å². The van der Waals surface area contributed by atoms with Gasteiger partial charge in [-0.05, 0) is 52.0 Å². The summed E-state index contributed by atoms with van der Waals surface area (Å²) in [5.41, 5.74) is 0.572. The highest BCUT2D eigenvalue weighted by atomic mass is 19.3. The Labute approximate surface area is 258 Å².